The summed E-state index contributed by atoms with van der Waals surface area (Å²) in [4.78, 5) is 11.9. The molecule has 0 aliphatic carbocycles. The minimum atomic E-state index is -0.539. The Kier molecular flexibility index (Phi) is 3.01. The molecule has 0 aliphatic rings. The molecule has 0 spiro atoms. The molecule has 3 N–H and O–H groups in total. The fourth-order valence-electron chi connectivity index (χ4n) is 1.66. The quantitative estimate of drug-likeness (QED) is 0.794. The number of hydrogen-bond acceptors (Lipinski definition) is 3. The van der Waals surface area contributed by atoms with Crippen molar-refractivity contribution in [2.45, 2.75) is 6.92 Å². The molecule has 0 bridgehead atoms. The number of carbonyl (C=O) groups is 1. The molecule has 0 radical (unpaired) electrons. The van der Waals surface area contributed by atoms with Gasteiger partial charge in [-0.2, -0.15) is 5.10 Å². The number of anilines is 2. The van der Waals surface area contributed by atoms with E-state index in [4.69, 9.17) is 5.73 Å². The van der Waals surface area contributed by atoms with Gasteiger partial charge in [0.25, 0.3) is 5.91 Å². The molecule has 1 heterocycles. The van der Waals surface area contributed by atoms with E-state index in [9.17, 15) is 9.18 Å². The number of nitrogens with two attached hydrogens (primary N) is 1. The number of aromatic nitrogens is 2. The highest BCUT2D eigenvalue weighted by atomic mass is 19.1. The van der Waals surface area contributed by atoms with Gasteiger partial charge in [0.1, 0.15) is 5.82 Å². The van der Waals surface area contributed by atoms with Crippen LogP contribution in [0.2, 0.25) is 0 Å². The van der Waals surface area contributed by atoms with Crippen molar-refractivity contribution in [1.29, 1.82) is 0 Å². The zero-order valence-electron chi connectivity index (χ0n) is 10.1. The third-order valence-electron chi connectivity index (χ3n) is 2.44. The summed E-state index contributed by atoms with van der Waals surface area (Å²) >= 11 is 0. The van der Waals surface area contributed by atoms with E-state index in [-0.39, 0.29) is 11.3 Å². The Morgan fingerprint density at radius 1 is 1.44 bits per heavy atom. The number of carbonyl (C=O) groups excluding carboxylic acids is 1. The summed E-state index contributed by atoms with van der Waals surface area (Å²) in [6.07, 6.45) is 1.68. The third kappa shape index (κ3) is 2.48. The van der Waals surface area contributed by atoms with Gasteiger partial charge in [-0.05, 0) is 25.1 Å². The highest BCUT2D eigenvalue weighted by Gasteiger charge is 2.11. The topological polar surface area (TPSA) is 72.9 Å². The zero-order valence-corrected chi connectivity index (χ0v) is 10.1. The molecule has 1 aromatic heterocycles. The summed E-state index contributed by atoms with van der Waals surface area (Å²) in [5.41, 5.74) is 7.15. The summed E-state index contributed by atoms with van der Waals surface area (Å²) in [5, 5.41) is 6.75. The molecule has 0 aliphatic heterocycles. The van der Waals surface area contributed by atoms with Crippen molar-refractivity contribution in [3.05, 3.63) is 41.5 Å². The lowest BCUT2D eigenvalue weighted by atomic mass is 10.2. The van der Waals surface area contributed by atoms with Crippen molar-refractivity contribution in [3.63, 3.8) is 0 Å². The van der Waals surface area contributed by atoms with Gasteiger partial charge in [-0.25, -0.2) is 4.39 Å². The van der Waals surface area contributed by atoms with Crippen molar-refractivity contribution in [2.75, 3.05) is 11.1 Å². The van der Waals surface area contributed by atoms with E-state index >= 15 is 0 Å². The number of hydrogen-bond donors (Lipinski definition) is 2. The Hall–Kier alpha value is -2.37. The molecule has 0 unspecified atom stereocenters. The van der Waals surface area contributed by atoms with E-state index in [2.05, 4.69) is 10.4 Å². The lowest BCUT2D eigenvalue weighted by Gasteiger charge is -2.04. The first-order valence-corrected chi connectivity index (χ1v) is 5.33. The minimum Gasteiger partial charge on any atom is -0.399 e. The number of nitrogens with one attached hydrogen (secondary N) is 1. The Bertz CT molecular complexity index is 586. The predicted octanol–water partition coefficient (Wildman–Crippen LogP) is 1.70. The first-order valence-electron chi connectivity index (χ1n) is 5.33. The molecule has 2 rings (SSSR count). The Morgan fingerprint density at radius 2 is 2.17 bits per heavy atom. The van der Waals surface area contributed by atoms with Crippen LogP contribution in [0.25, 0.3) is 0 Å². The van der Waals surface area contributed by atoms with Gasteiger partial charge in [0, 0.05) is 24.5 Å². The minimum absolute atomic E-state index is 0.177. The number of nitrogen functional groups attached to an aromatic ring is 1. The monoisotopic (exact) mass is 248 g/mol. The van der Waals surface area contributed by atoms with Crippen LogP contribution in [-0.2, 0) is 7.05 Å². The Labute approximate surface area is 103 Å². The highest BCUT2D eigenvalue weighted by molar-refractivity contribution is 6.05. The second-order valence-electron chi connectivity index (χ2n) is 4.03. The maximum Gasteiger partial charge on any atom is 0.255 e. The lowest BCUT2D eigenvalue weighted by Crippen LogP contribution is -2.12. The van der Waals surface area contributed by atoms with Crippen molar-refractivity contribution < 1.29 is 9.18 Å². The van der Waals surface area contributed by atoms with Crippen LogP contribution in [0, 0.1) is 12.7 Å². The number of amides is 1. The number of rotatable bonds is 2. The van der Waals surface area contributed by atoms with Crippen LogP contribution in [-0.4, -0.2) is 15.7 Å². The van der Waals surface area contributed by atoms with Crippen molar-refractivity contribution >= 4 is 17.3 Å². The maximum atomic E-state index is 13.1. The summed E-state index contributed by atoms with van der Waals surface area (Å²) < 4.78 is 14.7. The van der Waals surface area contributed by atoms with E-state index in [1.54, 1.807) is 24.9 Å². The molecule has 94 valence electrons. The molecule has 0 atom stereocenters. The van der Waals surface area contributed by atoms with Crippen LogP contribution in [0.3, 0.4) is 0 Å². The highest BCUT2D eigenvalue weighted by Crippen LogP contribution is 2.15. The molecule has 18 heavy (non-hydrogen) atoms. The summed E-state index contributed by atoms with van der Waals surface area (Å²) in [6, 6.07) is 3.72. The van der Waals surface area contributed by atoms with Crippen molar-refractivity contribution in [3.8, 4) is 0 Å². The van der Waals surface area contributed by atoms with Gasteiger partial charge in [0.05, 0.1) is 11.4 Å². The van der Waals surface area contributed by atoms with Crippen LogP contribution >= 0.6 is 0 Å². The zero-order chi connectivity index (χ0) is 13.3. The molecule has 0 saturated heterocycles. The second-order valence-corrected chi connectivity index (χ2v) is 4.03. The van der Waals surface area contributed by atoms with E-state index in [0.717, 1.165) is 12.1 Å². The van der Waals surface area contributed by atoms with Gasteiger partial charge in [0.15, 0.2) is 0 Å². The molecule has 1 aromatic carbocycles. The predicted molar refractivity (Wildman–Crippen MR) is 66.7 cm³/mol. The van der Waals surface area contributed by atoms with Gasteiger partial charge in [0.2, 0.25) is 0 Å². The van der Waals surface area contributed by atoms with Crippen LogP contribution < -0.4 is 11.1 Å². The first-order chi connectivity index (χ1) is 8.45. The van der Waals surface area contributed by atoms with E-state index in [1.165, 1.54) is 6.07 Å². The number of aryl methyl sites for hydroxylation is 2. The number of benzene rings is 1. The fourth-order valence-corrected chi connectivity index (χ4v) is 1.66. The molecule has 0 saturated carbocycles. The van der Waals surface area contributed by atoms with Crippen LogP contribution in [0.15, 0.2) is 24.4 Å². The van der Waals surface area contributed by atoms with E-state index in [1.807, 2.05) is 0 Å². The summed E-state index contributed by atoms with van der Waals surface area (Å²) in [6.45, 7) is 1.77. The SMILES string of the molecule is Cc1nn(C)cc1NC(=O)c1cc(N)cc(F)c1. The normalized spacial score (nSPS) is 10.4. The molecule has 5 nitrogen and oxygen atoms in total. The molecule has 6 heteroatoms. The standard InChI is InChI=1S/C12H13FN4O/c1-7-11(6-17(2)16-7)15-12(18)8-3-9(13)5-10(14)4-8/h3-6H,14H2,1-2H3,(H,15,18). The van der Waals surface area contributed by atoms with E-state index in [0.29, 0.717) is 11.4 Å². The fraction of sp³-hybridized carbons (Fsp3) is 0.167. The van der Waals surface area contributed by atoms with Gasteiger partial charge in [-0.3, -0.25) is 9.48 Å². The van der Waals surface area contributed by atoms with E-state index < -0.39 is 11.7 Å². The van der Waals surface area contributed by atoms with Gasteiger partial charge < -0.3 is 11.1 Å². The Morgan fingerprint density at radius 3 is 2.72 bits per heavy atom. The largest absolute Gasteiger partial charge is 0.399 e. The average molecular weight is 248 g/mol. The van der Waals surface area contributed by atoms with Crippen molar-refractivity contribution in [1.82, 2.24) is 9.78 Å². The van der Waals surface area contributed by atoms with Gasteiger partial charge in [-0.15, -0.1) is 0 Å². The first kappa shape index (κ1) is 12.1. The summed E-state index contributed by atoms with van der Waals surface area (Å²) in [5.74, 6) is -0.958. The number of nitrogens with zero attached hydrogens (tertiary/aromatic N) is 2. The molecule has 1 amide bonds. The lowest BCUT2D eigenvalue weighted by molar-refractivity contribution is 0.102. The number of halogens is 1. The second kappa shape index (κ2) is 4.48. The summed E-state index contributed by atoms with van der Waals surface area (Å²) in [7, 11) is 1.75. The smallest absolute Gasteiger partial charge is 0.255 e. The average Bonchev–Trinajstić information content (AvgIpc) is 2.56. The van der Waals surface area contributed by atoms with Crippen molar-refractivity contribution in [2.24, 2.45) is 7.05 Å². The van der Waals surface area contributed by atoms with Gasteiger partial charge >= 0.3 is 0 Å². The van der Waals surface area contributed by atoms with Crippen LogP contribution in [0.1, 0.15) is 16.1 Å². The van der Waals surface area contributed by atoms with Crippen LogP contribution in [0.5, 0.6) is 0 Å². The molecular formula is C12H13FN4O. The van der Waals surface area contributed by atoms with Crippen LogP contribution in [0.4, 0.5) is 15.8 Å². The molecule has 0 fully saturated rings. The molecular weight excluding hydrogens is 235 g/mol. The van der Waals surface area contributed by atoms with Gasteiger partial charge in [-0.1, -0.05) is 0 Å². The Balaban J connectivity index is 2.24. The third-order valence-corrected chi connectivity index (χ3v) is 2.44. The molecule has 2 aromatic rings. The maximum absolute atomic E-state index is 13.1.